The summed E-state index contributed by atoms with van der Waals surface area (Å²) in [4.78, 5) is 4.45. The molecule has 4 heteroatoms. The topological polar surface area (TPSA) is 57.4 Å². The molecule has 0 aliphatic heterocycles. The monoisotopic (exact) mass is 252 g/mol. The molecule has 18 heavy (non-hydrogen) atoms. The first-order valence-electron chi connectivity index (χ1n) is 6.37. The van der Waals surface area contributed by atoms with Gasteiger partial charge in [0.05, 0.1) is 13.2 Å². The Labute approximate surface area is 110 Å². The number of pyridine rings is 1. The van der Waals surface area contributed by atoms with Crippen molar-refractivity contribution < 1.29 is 9.47 Å². The number of ether oxygens (including phenoxy) is 2. The van der Waals surface area contributed by atoms with E-state index < -0.39 is 0 Å². The summed E-state index contributed by atoms with van der Waals surface area (Å²) in [7, 11) is 1.68. The minimum Gasteiger partial charge on any atom is -0.496 e. The molecule has 2 N–H and O–H groups in total. The van der Waals surface area contributed by atoms with Crippen molar-refractivity contribution in [3.05, 3.63) is 23.0 Å². The summed E-state index contributed by atoms with van der Waals surface area (Å²) in [6.45, 7) is 8.66. The van der Waals surface area contributed by atoms with Crippen LogP contribution < -0.4 is 10.5 Å². The van der Waals surface area contributed by atoms with Crippen LogP contribution in [0.5, 0.6) is 5.75 Å². The van der Waals surface area contributed by atoms with Gasteiger partial charge >= 0.3 is 0 Å². The summed E-state index contributed by atoms with van der Waals surface area (Å²) in [6.07, 6.45) is 2.56. The number of methoxy groups -OCH3 is 1. The van der Waals surface area contributed by atoms with Gasteiger partial charge in [-0.25, -0.2) is 0 Å². The Morgan fingerprint density at radius 2 is 2.06 bits per heavy atom. The van der Waals surface area contributed by atoms with Crippen LogP contribution in [0.25, 0.3) is 0 Å². The molecule has 102 valence electrons. The Balaban J connectivity index is 2.85. The highest BCUT2D eigenvalue weighted by Crippen LogP contribution is 2.24. The lowest BCUT2D eigenvalue weighted by molar-refractivity contribution is 0.0574. The van der Waals surface area contributed by atoms with Gasteiger partial charge in [0.2, 0.25) is 0 Å². The summed E-state index contributed by atoms with van der Waals surface area (Å²) in [6, 6.07) is -0.0523. The average Bonchev–Trinajstić information content (AvgIpc) is 2.33. The molecule has 1 aromatic heterocycles. The Bertz CT molecular complexity index is 394. The maximum Gasteiger partial charge on any atom is 0.128 e. The quantitative estimate of drug-likeness (QED) is 0.841. The molecule has 0 aliphatic rings. The zero-order valence-corrected chi connectivity index (χ0v) is 12.0. The fourth-order valence-electron chi connectivity index (χ4n) is 2.05. The average molecular weight is 252 g/mol. The first-order valence-corrected chi connectivity index (χ1v) is 6.37. The lowest BCUT2D eigenvalue weighted by Crippen LogP contribution is -2.37. The smallest absolute Gasteiger partial charge is 0.128 e. The van der Waals surface area contributed by atoms with Crippen LogP contribution >= 0.6 is 0 Å². The number of aromatic nitrogens is 1. The molecule has 0 saturated heterocycles. The number of rotatable bonds is 6. The van der Waals surface area contributed by atoms with Gasteiger partial charge in [0.15, 0.2) is 0 Å². The molecule has 1 rings (SSSR count). The highest BCUT2D eigenvalue weighted by molar-refractivity contribution is 5.41. The van der Waals surface area contributed by atoms with Crippen molar-refractivity contribution in [2.45, 2.75) is 46.3 Å². The SMILES string of the molecule is CCOC(C)C(N)Cc1ncc(C)c(OC)c1C. The number of aryl methyl sites for hydroxylation is 1. The first-order chi connectivity index (χ1) is 8.51. The molecule has 0 aliphatic carbocycles. The summed E-state index contributed by atoms with van der Waals surface area (Å²) >= 11 is 0. The van der Waals surface area contributed by atoms with Crippen LogP contribution in [0, 0.1) is 13.8 Å². The maximum absolute atomic E-state index is 6.13. The normalized spacial score (nSPS) is 14.3. The summed E-state index contributed by atoms with van der Waals surface area (Å²) < 4.78 is 10.9. The van der Waals surface area contributed by atoms with E-state index in [0.717, 1.165) is 22.6 Å². The zero-order valence-electron chi connectivity index (χ0n) is 12.0. The Morgan fingerprint density at radius 3 is 2.61 bits per heavy atom. The van der Waals surface area contributed by atoms with Crippen molar-refractivity contribution in [2.75, 3.05) is 13.7 Å². The second-order valence-corrected chi connectivity index (χ2v) is 4.57. The number of nitrogens with zero attached hydrogens (tertiary/aromatic N) is 1. The minimum absolute atomic E-state index is 0.0310. The Hall–Kier alpha value is -1.13. The molecule has 0 amide bonds. The van der Waals surface area contributed by atoms with Crippen molar-refractivity contribution in [1.29, 1.82) is 0 Å². The fraction of sp³-hybridized carbons (Fsp3) is 0.643. The predicted molar refractivity (Wildman–Crippen MR) is 73.0 cm³/mol. The van der Waals surface area contributed by atoms with Gasteiger partial charge in [-0.1, -0.05) is 0 Å². The largest absolute Gasteiger partial charge is 0.496 e. The van der Waals surface area contributed by atoms with Crippen molar-refractivity contribution in [1.82, 2.24) is 4.98 Å². The highest BCUT2D eigenvalue weighted by atomic mass is 16.5. The van der Waals surface area contributed by atoms with E-state index in [-0.39, 0.29) is 12.1 Å². The van der Waals surface area contributed by atoms with Gasteiger partial charge in [0.1, 0.15) is 5.75 Å². The third-order valence-electron chi connectivity index (χ3n) is 3.21. The molecule has 4 nitrogen and oxygen atoms in total. The van der Waals surface area contributed by atoms with Crippen LogP contribution in [-0.4, -0.2) is 30.8 Å². The molecular formula is C14H24N2O2. The van der Waals surface area contributed by atoms with Crippen molar-refractivity contribution in [3.63, 3.8) is 0 Å². The molecule has 0 spiro atoms. The van der Waals surface area contributed by atoms with Gasteiger partial charge in [0.25, 0.3) is 0 Å². The zero-order chi connectivity index (χ0) is 13.7. The van der Waals surface area contributed by atoms with E-state index in [0.29, 0.717) is 13.0 Å². The second kappa shape index (κ2) is 6.71. The second-order valence-electron chi connectivity index (χ2n) is 4.57. The highest BCUT2D eigenvalue weighted by Gasteiger charge is 2.17. The van der Waals surface area contributed by atoms with Gasteiger partial charge in [-0.3, -0.25) is 4.98 Å². The van der Waals surface area contributed by atoms with E-state index >= 15 is 0 Å². The molecule has 1 aromatic rings. The molecule has 0 saturated carbocycles. The van der Waals surface area contributed by atoms with Crippen LogP contribution in [0.3, 0.4) is 0 Å². The summed E-state index contributed by atoms with van der Waals surface area (Å²) in [5.74, 6) is 0.899. The molecule has 0 bridgehead atoms. The van der Waals surface area contributed by atoms with E-state index in [1.807, 2.05) is 33.9 Å². The van der Waals surface area contributed by atoms with E-state index in [9.17, 15) is 0 Å². The molecule has 2 unspecified atom stereocenters. The minimum atomic E-state index is -0.0523. The van der Waals surface area contributed by atoms with E-state index in [1.165, 1.54) is 0 Å². The molecule has 0 aromatic carbocycles. The maximum atomic E-state index is 6.13. The molecule has 1 heterocycles. The number of hydrogen-bond donors (Lipinski definition) is 1. The summed E-state index contributed by atoms with van der Waals surface area (Å²) in [5.41, 5.74) is 9.22. The summed E-state index contributed by atoms with van der Waals surface area (Å²) in [5, 5.41) is 0. The third kappa shape index (κ3) is 3.43. The van der Waals surface area contributed by atoms with Gasteiger partial charge in [-0.15, -0.1) is 0 Å². The first kappa shape index (κ1) is 14.9. The third-order valence-corrected chi connectivity index (χ3v) is 3.21. The van der Waals surface area contributed by atoms with Gasteiger partial charge in [-0.05, 0) is 27.7 Å². The lowest BCUT2D eigenvalue weighted by Gasteiger charge is -2.21. The standard InChI is InChI=1S/C14H24N2O2/c1-6-18-11(4)12(15)7-13-10(3)14(17-5)9(2)8-16-13/h8,11-12H,6-7,15H2,1-5H3. The lowest BCUT2D eigenvalue weighted by atomic mass is 10.0. The van der Waals surface area contributed by atoms with E-state index in [4.69, 9.17) is 15.2 Å². The van der Waals surface area contributed by atoms with E-state index in [1.54, 1.807) is 7.11 Å². The van der Waals surface area contributed by atoms with Crippen molar-refractivity contribution in [3.8, 4) is 5.75 Å². The van der Waals surface area contributed by atoms with Gasteiger partial charge < -0.3 is 15.2 Å². The van der Waals surface area contributed by atoms with Crippen LogP contribution in [0.4, 0.5) is 0 Å². The van der Waals surface area contributed by atoms with Crippen LogP contribution in [0.1, 0.15) is 30.7 Å². The Morgan fingerprint density at radius 1 is 1.39 bits per heavy atom. The number of hydrogen-bond acceptors (Lipinski definition) is 4. The molecule has 0 radical (unpaired) electrons. The van der Waals surface area contributed by atoms with Crippen molar-refractivity contribution >= 4 is 0 Å². The molecule has 2 atom stereocenters. The van der Waals surface area contributed by atoms with Gasteiger partial charge in [0, 0.05) is 42.1 Å². The van der Waals surface area contributed by atoms with Crippen LogP contribution in [0.2, 0.25) is 0 Å². The van der Waals surface area contributed by atoms with Crippen LogP contribution in [0.15, 0.2) is 6.20 Å². The van der Waals surface area contributed by atoms with E-state index in [2.05, 4.69) is 4.98 Å². The Kier molecular flexibility index (Phi) is 5.56. The van der Waals surface area contributed by atoms with Gasteiger partial charge in [-0.2, -0.15) is 0 Å². The number of nitrogens with two attached hydrogens (primary N) is 1. The molecular weight excluding hydrogens is 228 g/mol. The fourth-order valence-corrected chi connectivity index (χ4v) is 2.05. The molecule has 0 fully saturated rings. The predicted octanol–water partition coefficient (Wildman–Crippen LogP) is 2.00. The van der Waals surface area contributed by atoms with Crippen LogP contribution in [-0.2, 0) is 11.2 Å². The van der Waals surface area contributed by atoms with Crippen molar-refractivity contribution in [2.24, 2.45) is 5.73 Å².